The molecule has 0 unspecified atom stereocenters. The van der Waals surface area contributed by atoms with Crippen LogP contribution in [-0.4, -0.2) is 81.2 Å². The summed E-state index contributed by atoms with van der Waals surface area (Å²) < 4.78 is 12.7. The van der Waals surface area contributed by atoms with Gasteiger partial charge in [0.2, 0.25) is 5.91 Å². The van der Waals surface area contributed by atoms with Gasteiger partial charge in [-0.2, -0.15) is 0 Å². The highest BCUT2D eigenvalue weighted by Crippen LogP contribution is 2.40. The molecule has 0 aliphatic carbocycles. The van der Waals surface area contributed by atoms with E-state index in [2.05, 4.69) is 12.2 Å². The van der Waals surface area contributed by atoms with Gasteiger partial charge in [0.05, 0.1) is 35.6 Å². The molecule has 1 aromatic carbocycles. The Morgan fingerprint density at radius 3 is 2.58 bits per heavy atom. The van der Waals surface area contributed by atoms with Crippen LogP contribution in [0, 0.1) is 0 Å². The molecule has 6 rings (SSSR count). The second kappa shape index (κ2) is 11.9. The minimum atomic E-state index is -1.90. The molecule has 0 saturated carbocycles. The first kappa shape index (κ1) is 30.7. The fourth-order valence-corrected chi connectivity index (χ4v) is 6.48. The van der Waals surface area contributed by atoms with Crippen LogP contribution in [0.4, 0.5) is 4.79 Å². The topological polar surface area (TPSA) is 143 Å². The Morgan fingerprint density at radius 2 is 1.89 bits per heavy atom. The molecular formula is C33H39N5O7. The van der Waals surface area contributed by atoms with Crippen molar-refractivity contribution in [2.45, 2.75) is 71.8 Å². The Bertz CT molecular complexity index is 1760. The highest BCUT2D eigenvalue weighted by atomic mass is 16.6. The summed E-state index contributed by atoms with van der Waals surface area (Å²) in [7, 11) is 0. The summed E-state index contributed by atoms with van der Waals surface area (Å²) in [5.74, 6) is -0.417. The highest BCUT2D eigenvalue weighted by Gasteiger charge is 2.45. The molecule has 45 heavy (non-hydrogen) atoms. The SMILES string of the molecule is CCCc1ccc(OC(=O)N2CCN(CC(=O)NC(C)C)CC2)c2cc3c(nc12)-c1cc2c(c(=O)n1C3)COC(=O)[C@]2(O)CC. The number of rotatable bonds is 7. The number of aliphatic hydroxyl groups is 1. The summed E-state index contributed by atoms with van der Waals surface area (Å²) in [6.07, 6.45) is 1.22. The van der Waals surface area contributed by atoms with Gasteiger partial charge in [0.15, 0.2) is 5.60 Å². The fourth-order valence-electron chi connectivity index (χ4n) is 6.48. The number of amides is 2. The van der Waals surface area contributed by atoms with Crippen LogP contribution in [-0.2, 0) is 39.5 Å². The normalized spacial score (nSPS) is 19.2. The van der Waals surface area contributed by atoms with Gasteiger partial charge in [-0.1, -0.05) is 26.3 Å². The Labute approximate surface area is 260 Å². The first-order valence-corrected chi connectivity index (χ1v) is 15.6. The third-order valence-corrected chi connectivity index (χ3v) is 8.88. The maximum absolute atomic E-state index is 13.6. The molecular weight excluding hydrogens is 578 g/mol. The highest BCUT2D eigenvalue weighted by molar-refractivity contribution is 5.93. The van der Waals surface area contributed by atoms with E-state index in [4.69, 9.17) is 14.5 Å². The van der Waals surface area contributed by atoms with Crippen LogP contribution in [0.15, 0.2) is 29.1 Å². The number of piperazine rings is 1. The van der Waals surface area contributed by atoms with Gasteiger partial charge in [-0.3, -0.25) is 14.5 Å². The monoisotopic (exact) mass is 617 g/mol. The van der Waals surface area contributed by atoms with E-state index in [0.29, 0.717) is 54.2 Å². The molecule has 0 bridgehead atoms. The fraction of sp³-hybridized carbons (Fsp3) is 0.485. The maximum atomic E-state index is 13.6. The first-order valence-electron chi connectivity index (χ1n) is 15.6. The summed E-state index contributed by atoms with van der Waals surface area (Å²) in [6, 6.07) is 7.40. The number of ether oxygens (including phenoxy) is 2. The third-order valence-electron chi connectivity index (χ3n) is 8.88. The van der Waals surface area contributed by atoms with E-state index in [-0.39, 0.29) is 54.8 Å². The van der Waals surface area contributed by atoms with Gasteiger partial charge in [0.1, 0.15) is 12.4 Å². The largest absolute Gasteiger partial charge is 0.458 e. The number of hydrogen-bond donors (Lipinski definition) is 2. The average Bonchev–Trinajstić information content (AvgIpc) is 3.37. The van der Waals surface area contributed by atoms with Crippen LogP contribution in [0.3, 0.4) is 0 Å². The van der Waals surface area contributed by atoms with Gasteiger partial charge in [-0.15, -0.1) is 0 Å². The van der Waals surface area contributed by atoms with Gasteiger partial charge in [0.25, 0.3) is 5.56 Å². The van der Waals surface area contributed by atoms with E-state index < -0.39 is 17.7 Å². The molecule has 12 nitrogen and oxygen atoms in total. The number of nitrogens with one attached hydrogen (secondary N) is 1. The second-order valence-electron chi connectivity index (χ2n) is 12.3. The molecule has 3 aromatic rings. The number of pyridine rings is 2. The molecule has 5 heterocycles. The van der Waals surface area contributed by atoms with Gasteiger partial charge in [0, 0.05) is 48.7 Å². The molecule has 2 amide bonds. The number of aryl methyl sites for hydroxylation is 1. The smallest absolute Gasteiger partial charge is 0.415 e. The van der Waals surface area contributed by atoms with Crippen LogP contribution >= 0.6 is 0 Å². The predicted molar refractivity (Wildman–Crippen MR) is 166 cm³/mol. The van der Waals surface area contributed by atoms with Crippen molar-refractivity contribution < 1.29 is 29.0 Å². The summed E-state index contributed by atoms with van der Waals surface area (Å²) in [4.78, 5) is 60.3. The van der Waals surface area contributed by atoms with E-state index >= 15 is 0 Å². The Hall–Kier alpha value is -4.29. The summed E-state index contributed by atoms with van der Waals surface area (Å²) in [5.41, 5.74) is 1.86. The number of carbonyl (C=O) groups excluding carboxylic acids is 3. The van der Waals surface area contributed by atoms with Gasteiger partial charge in [-0.05, 0) is 50.5 Å². The van der Waals surface area contributed by atoms with Crippen LogP contribution in [0.25, 0.3) is 22.3 Å². The Kier molecular flexibility index (Phi) is 8.13. The number of carbonyl (C=O) groups is 3. The van der Waals surface area contributed by atoms with Crippen molar-refractivity contribution in [2.24, 2.45) is 0 Å². The zero-order valence-electron chi connectivity index (χ0n) is 26.1. The van der Waals surface area contributed by atoms with Crippen molar-refractivity contribution >= 4 is 28.9 Å². The van der Waals surface area contributed by atoms with E-state index in [1.165, 1.54) is 0 Å². The van der Waals surface area contributed by atoms with Crippen molar-refractivity contribution in [2.75, 3.05) is 32.7 Å². The van der Waals surface area contributed by atoms with Crippen molar-refractivity contribution in [3.63, 3.8) is 0 Å². The van der Waals surface area contributed by atoms with Gasteiger partial charge >= 0.3 is 12.1 Å². The van der Waals surface area contributed by atoms with Gasteiger partial charge < -0.3 is 29.4 Å². The predicted octanol–water partition coefficient (Wildman–Crippen LogP) is 2.67. The molecule has 3 aliphatic rings. The molecule has 238 valence electrons. The number of aromatic nitrogens is 2. The number of nitrogens with zero attached hydrogens (tertiary/aromatic N) is 4. The lowest BCUT2D eigenvalue weighted by atomic mass is 9.86. The number of esters is 1. The minimum Gasteiger partial charge on any atom is -0.458 e. The molecule has 3 aliphatic heterocycles. The molecule has 0 radical (unpaired) electrons. The van der Waals surface area contributed by atoms with Crippen LogP contribution in [0.5, 0.6) is 5.75 Å². The molecule has 1 saturated heterocycles. The van der Waals surface area contributed by atoms with Crippen LogP contribution in [0.1, 0.15) is 62.8 Å². The summed E-state index contributed by atoms with van der Waals surface area (Å²) in [6.45, 7) is 9.93. The summed E-state index contributed by atoms with van der Waals surface area (Å²) >= 11 is 0. The maximum Gasteiger partial charge on any atom is 0.415 e. The number of cyclic esters (lactones) is 1. The zero-order valence-corrected chi connectivity index (χ0v) is 26.1. The van der Waals surface area contributed by atoms with Gasteiger partial charge in [-0.25, -0.2) is 14.6 Å². The quantitative estimate of drug-likeness (QED) is 0.299. The lowest BCUT2D eigenvalue weighted by molar-refractivity contribution is -0.172. The molecule has 12 heteroatoms. The van der Waals surface area contributed by atoms with Crippen molar-refractivity contribution in [1.82, 2.24) is 24.7 Å². The first-order chi connectivity index (χ1) is 21.5. The lowest BCUT2D eigenvalue weighted by Gasteiger charge is -2.33. The molecule has 0 spiro atoms. The van der Waals surface area contributed by atoms with Crippen molar-refractivity contribution in [1.29, 1.82) is 0 Å². The zero-order chi connectivity index (χ0) is 32.0. The minimum absolute atomic E-state index is 0.0350. The Morgan fingerprint density at radius 1 is 1.13 bits per heavy atom. The van der Waals surface area contributed by atoms with Crippen LogP contribution in [0.2, 0.25) is 0 Å². The molecule has 1 atom stereocenters. The van der Waals surface area contributed by atoms with Crippen molar-refractivity contribution in [3.8, 4) is 17.1 Å². The summed E-state index contributed by atoms with van der Waals surface area (Å²) in [5, 5.41) is 14.8. The number of fused-ring (bicyclic) bond motifs is 5. The Balaban J connectivity index is 1.30. The second-order valence-corrected chi connectivity index (χ2v) is 12.3. The average molecular weight is 618 g/mol. The lowest BCUT2D eigenvalue weighted by Crippen LogP contribution is -2.52. The van der Waals surface area contributed by atoms with Crippen molar-refractivity contribution in [3.05, 3.63) is 56.9 Å². The number of hydrogen-bond acceptors (Lipinski definition) is 9. The van der Waals surface area contributed by atoms with E-state index in [0.717, 1.165) is 24.0 Å². The number of benzene rings is 1. The van der Waals surface area contributed by atoms with E-state index in [1.54, 1.807) is 28.5 Å². The van der Waals surface area contributed by atoms with E-state index in [9.17, 15) is 24.3 Å². The molecule has 2 aromatic heterocycles. The molecule has 1 fully saturated rings. The standard InChI is InChI=1S/C33H39N5O7/c1-5-7-20-8-9-26(45-32(42)37-12-10-36(11-13-37)17-27(39)34-19(3)4)22-14-21-16-38-25(29(21)35-28(20)22)15-24-23(30(38)40)18-44-31(41)33(24,43)6-2/h8-9,14-15,19,43H,5-7,10-13,16-18H2,1-4H3,(H,34,39)/t33-/m0/s1. The third kappa shape index (κ3) is 5.46. The van der Waals surface area contributed by atoms with E-state index in [1.807, 2.05) is 30.9 Å². The molecule has 2 N–H and O–H groups in total. The van der Waals surface area contributed by atoms with Crippen LogP contribution < -0.4 is 15.6 Å².